The zero-order valence-corrected chi connectivity index (χ0v) is 12.3. The van der Waals surface area contributed by atoms with Crippen LogP contribution in [0.2, 0.25) is 10.3 Å². The van der Waals surface area contributed by atoms with Gasteiger partial charge in [0.25, 0.3) is 0 Å². The Hall–Kier alpha value is -1.39. The van der Waals surface area contributed by atoms with Gasteiger partial charge < -0.3 is 4.74 Å². The first-order valence-electron chi connectivity index (χ1n) is 5.76. The molecule has 0 saturated carbocycles. The van der Waals surface area contributed by atoms with Crippen molar-refractivity contribution in [1.82, 2.24) is 15.0 Å². The fourth-order valence-electron chi connectivity index (χ4n) is 1.66. The molecule has 0 amide bonds. The van der Waals surface area contributed by atoms with E-state index in [0.717, 1.165) is 11.1 Å². The van der Waals surface area contributed by atoms with Gasteiger partial charge in [-0.25, -0.2) is 15.0 Å². The Morgan fingerprint density at radius 1 is 1.11 bits per heavy atom. The number of methoxy groups -OCH3 is 1. The molecule has 0 bridgehead atoms. The van der Waals surface area contributed by atoms with Crippen molar-refractivity contribution < 1.29 is 4.74 Å². The van der Waals surface area contributed by atoms with Crippen molar-refractivity contribution in [3.63, 3.8) is 0 Å². The Labute approximate surface area is 121 Å². The fraction of sp³-hybridized carbons (Fsp3) is 0.308. The van der Waals surface area contributed by atoms with Gasteiger partial charge in [0.2, 0.25) is 5.88 Å². The standard InChI is InChI=1S/C13H13Cl2N3O/c1-7(2)10-11(14)17-13(18-12(10)15)8-4-5-9(19-3)16-6-8/h4-7H,1-3H3. The van der Waals surface area contributed by atoms with E-state index in [2.05, 4.69) is 15.0 Å². The van der Waals surface area contributed by atoms with Gasteiger partial charge in [-0.3, -0.25) is 0 Å². The summed E-state index contributed by atoms with van der Waals surface area (Å²) in [6.07, 6.45) is 1.62. The highest BCUT2D eigenvalue weighted by Crippen LogP contribution is 2.31. The molecule has 2 aromatic heterocycles. The molecule has 0 unspecified atom stereocenters. The van der Waals surface area contributed by atoms with E-state index >= 15 is 0 Å². The summed E-state index contributed by atoms with van der Waals surface area (Å²) in [5, 5.41) is 0.752. The Morgan fingerprint density at radius 2 is 1.74 bits per heavy atom. The van der Waals surface area contributed by atoms with Gasteiger partial charge in [-0.2, -0.15) is 0 Å². The third kappa shape index (κ3) is 2.96. The summed E-state index contributed by atoms with van der Waals surface area (Å²) >= 11 is 12.3. The number of hydrogen-bond donors (Lipinski definition) is 0. The largest absolute Gasteiger partial charge is 0.481 e. The summed E-state index contributed by atoms with van der Waals surface area (Å²) < 4.78 is 5.00. The van der Waals surface area contributed by atoms with Crippen molar-refractivity contribution >= 4 is 23.2 Å². The van der Waals surface area contributed by atoms with E-state index in [0.29, 0.717) is 22.0 Å². The van der Waals surface area contributed by atoms with E-state index in [4.69, 9.17) is 27.9 Å². The molecule has 0 fully saturated rings. The Kier molecular flexibility index (Phi) is 4.22. The van der Waals surface area contributed by atoms with Crippen LogP contribution in [-0.4, -0.2) is 22.1 Å². The van der Waals surface area contributed by atoms with Gasteiger partial charge in [0, 0.05) is 23.4 Å². The number of aromatic nitrogens is 3. The lowest BCUT2D eigenvalue weighted by Crippen LogP contribution is -1.99. The minimum atomic E-state index is 0.169. The number of halogens is 2. The molecule has 0 aromatic carbocycles. The molecule has 100 valence electrons. The average molecular weight is 298 g/mol. The van der Waals surface area contributed by atoms with Crippen LogP contribution in [0.3, 0.4) is 0 Å². The molecule has 4 nitrogen and oxygen atoms in total. The minimum absolute atomic E-state index is 0.169. The van der Waals surface area contributed by atoms with Crippen LogP contribution in [0, 0.1) is 0 Å². The molecular formula is C13H13Cl2N3O. The first-order valence-corrected chi connectivity index (χ1v) is 6.52. The summed E-state index contributed by atoms with van der Waals surface area (Å²) in [6.45, 7) is 3.98. The van der Waals surface area contributed by atoms with Crippen molar-refractivity contribution in [3.8, 4) is 17.3 Å². The predicted octanol–water partition coefficient (Wildman–Crippen LogP) is 3.98. The van der Waals surface area contributed by atoms with Crippen LogP contribution in [-0.2, 0) is 0 Å². The second kappa shape index (κ2) is 5.72. The molecular weight excluding hydrogens is 285 g/mol. The van der Waals surface area contributed by atoms with Crippen molar-refractivity contribution in [2.24, 2.45) is 0 Å². The van der Waals surface area contributed by atoms with Crippen LogP contribution in [0.5, 0.6) is 5.88 Å². The van der Waals surface area contributed by atoms with E-state index in [-0.39, 0.29) is 5.92 Å². The Morgan fingerprint density at radius 3 is 2.16 bits per heavy atom. The lowest BCUT2D eigenvalue weighted by Gasteiger charge is -2.10. The van der Waals surface area contributed by atoms with Crippen LogP contribution >= 0.6 is 23.2 Å². The van der Waals surface area contributed by atoms with Gasteiger partial charge in [0.05, 0.1) is 7.11 Å². The summed E-state index contributed by atoms with van der Waals surface area (Å²) in [5.41, 5.74) is 1.49. The van der Waals surface area contributed by atoms with Crippen molar-refractivity contribution in [1.29, 1.82) is 0 Å². The molecule has 2 rings (SSSR count). The summed E-state index contributed by atoms with van der Waals surface area (Å²) in [4.78, 5) is 12.6. The number of nitrogens with zero attached hydrogens (tertiary/aromatic N) is 3. The van der Waals surface area contributed by atoms with Gasteiger partial charge in [-0.1, -0.05) is 37.0 Å². The van der Waals surface area contributed by atoms with Crippen LogP contribution in [0.4, 0.5) is 0 Å². The van der Waals surface area contributed by atoms with Crippen molar-refractivity contribution in [2.75, 3.05) is 7.11 Å². The predicted molar refractivity (Wildman–Crippen MR) is 75.9 cm³/mol. The third-order valence-electron chi connectivity index (χ3n) is 2.63. The van der Waals surface area contributed by atoms with Gasteiger partial charge in [-0.15, -0.1) is 0 Å². The van der Waals surface area contributed by atoms with E-state index < -0.39 is 0 Å². The highest BCUT2D eigenvalue weighted by atomic mass is 35.5. The average Bonchev–Trinajstić information content (AvgIpc) is 2.37. The molecule has 2 heterocycles. The highest BCUT2D eigenvalue weighted by molar-refractivity contribution is 6.34. The quantitative estimate of drug-likeness (QED) is 0.804. The lowest BCUT2D eigenvalue weighted by molar-refractivity contribution is 0.398. The van der Waals surface area contributed by atoms with Crippen LogP contribution in [0.1, 0.15) is 25.3 Å². The Bertz CT molecular complexity index is 562. The van der Waals surface area contributed by atoms with Crippen molar-refractivity contribution in [3.05, 3.63) is 34.2 Å². The van der Waals surface area contributed by atoms with E-state index in [1.165, 1.54) is 0 Å². The Balaban J connectivity index is 2.45. The molecule has 0 saturated heterocycles. The van der Waals surface area contributed by atoms with Gasteiger partial charge in [0.1, 0.15) is 10.3 Å². The first kappa shape index (κ1) is 14.0. The summed E-state index contributed by atoms with van der Waals surface area (Å²) in [7, 11) is 1.56. The third-order valence-corrected chi connectivity index (χ3v) is 3.21. The van der Waals surface area contributed by atoms with Gasteiger partial charge in [-0.05, 0) is 12.0 Å². The SMILES string of the molecule is COc1ccc(-c2nc(Cl)c(C(C)C)c(Cl)n2)cn1. The second-order valence-electron chi connectivity index (χ2n) is 4.29. The number of pyridine rings is 1. The molecule has 6 heteroatoms. The van der Waals surface area contributed by atoms with E-state index in [9.17, 15) is 0 Å². The van der Waals surface area contributed by atoms with E-state index in [1.54, 1.807) is 19.4 Å². The van der Waals surface area contributed by atoms with Crippen molar-refractivity contribution in [2.45, 2.75) is 19.8 Å². The van der Waals surface area contributed by atoms with Crippen LogP contribution in [0.15, 0.2) is 18.3 Å². The first-order chi connectivity index (χ1) is 9.02. The van der Waals surface area contributed by atoms with Crippen LogP contribution in [0.25, 0.3) is 11.4 Å². The van der Waals surface area contributed by atoms with Crippen LogP contribution < -0.4 is 4.74 Å². The molecule has 0 spiro atoms. The molecule has 2 aromatic rings. The monoisotopic (exact) mass is 297 g/mol. The molecule has 0 aliphatic heterocycles. The van der Waals surface area contributed by atoms with Gasteiger partial charge >= 0.3 is 0 Å². The maximum Gasteiger partial charge on any atom is 0.212 e. The maximum absolute atomic E-state index is 6.16. The minimum Gasteiger partial charge on any atom is -0.481 e. The van der Waals surface area contributed by atoms with Gasteiger partial charge in [0.15, 0.2) is 5.82 Å². The molecule has 0 aliphatic carbocycles. The molecule has 0 atom stereocenters. The highest BCUT2D eigenvalue weighted by Gasteiger charge is 2.15. The normalized spacial score (nSPS) is 10.8. The van der Waals surface area contributed by atoms with E-state index in [1.807, 2.05) is 19.9 Å². The summed E-state index contributed by atoms with van der Waals surface area (Å²) in [6, 6.07) is 3.54. The molecule has 0 aliphatic rings. The maximum atomic E-state index is 6.16. The zero-order valence-electron chi connectivity index (χ0n) is 10.8. The second-order valence-corrected chi connectivity index (χ2v) is 5.00. The summed E-state index contributed by atoms with van der Waals surface area (Å²) in [5.74, 6) is 1.15. The topological polar surface area (TPSA) is 47.9 Å². The molecule has 0 N–H and O–H groups in total. The molecule has 0 radical (unpaired) electrons. The number of rotatable bonds is 3. The lowest BCUT2D eigenvalue weighted by atomic mass is 10.1. The zero-order chi connectivity index (χ0) is 14.0. The smallest absolute Gasteiger partial charge is 0.212 e. The number of hydrogen-bond acceptors (Lipinski definition) is 4. The fourth-order valence-corrected chi connectivity index (χ4v) is 2.48. The number of ether oxygens (including phenoxy) is 1. The molecule has 19 heavy (non-hydrogen) atoms.